The third-order valence-corrected chi connectivity index (χ3v) is 0. The molecule has 0 unspecified atom stereocenters. The van der Waals surface area contributed by atoms with Gasteiger partial charge in [0.1, 0.15) is 0 Å². The summed E-state index contributed by atoms with van der Waals surface area (Å²) in [5, 5.41) is 0. The van der Waals surface area contributed by atoms with Gasteiger partial charge in [0.15, 0.2) is 0 Å². The summed E-state index contributed by atoms with van der Waals surface area (Å²) in [7, 11) is -4.64. The molecule has 0 saturated carbocycles. The van der Waals surface area contributed by atoms with Crippen LogP contribution in [0.3, 0.4) is 0 Å². The van der Waals surface area contributed by atoms with Gasteiger partial charge >= 0.3 is 7.82 Å². The lowest BCUT2D eigenvalue weighted by atomic mass is 12.0. The molecular formula is C2H11O4P. The zero-order chi connectivity index (χ0) is 4.50. The van der Waals surface area contributed by atoms with Crippen LogP contribution in [0.15, 0.2) is 0 Å². The molecule has 0 bridgehead atoms. The van der Waals surface area contributed by atoms with Gasteiger partial charge in [0, 0.05) is 0 Å². The minimum Gasteiger partial charge on any atom is -0.303 e. The highest BCUT2D eigenvalue weighted by molar-refractivity contribution is 7.45. The molecule has 0 aliphatic heterocycles. The van der Waals surface area contributed by atoms with E-state index in [0.717, 1.165) is 0 Å². The maximum atomic E-state index is 8.88. The van der Waals surface area contributed by atoms with Crippen molar-refractivity contribution in [1.29, 1.82) is 0 Å². The van der Waals surface area contributed by atoms with Gasteiger partial charge < -0.3 is 14.7 Å². The Morgan fingerprint density at radius 1 is 1.00 bits per heavy atom. The quantitative estimate of drug-likeness (QED) is 0.413. The van der Waals surface area contributed by atoms with Crippen molar-refractivity contribution in [3.8, 4) is 0 Å². The summed E-state index contributed by atoms with van der Waals surface area (Å²) in [6.45, 7) is 0. The summed E-state index contributed by atoms with van der Waals surface area (Å²) < 4.78 is 8.88. The first-order chi connectivity index (χ1) is 2.00. The molecule has 0 atom stereocenters. The Kier molecular flexibility index (Phi) is 9.59. The van der Waals surface area contributed by atoms with Gasteiger partial charge in [-0.15, -0.1) is 0 Å². The van der Waals surface area contributed by atoms with Crippen molar-refractivity contribution in [3.63, 3.8) is 0 Å². The smallest absolute Gasteiger partial charge is 0.303 e. The number of hydrogen-bond acceptors (Lipinski definition) is 1. The summed E-state index contributed by atoms with van der Waals surface area (Å²) in [4.78, 5) is 21.6. The molecule has 0 aliphatic carbocycles. The Balaban J connectivity index is -0.0000000800. The molecule has 0 amide bonds. The summed E-state index contributed by atoms with van der Waals surface area (Å²) in [5.74, 6) is 0. The highest BCUT2D eigenvalue weighted by atomic mass is 31.2. The zero-order valence-electron chi connectivity index (χ0n) is 2.20. The topological polar surface area (TPSA) is 77.8 Å². The lowest BCUT2D eigenvalue weighted by Crippen LogP contribution is -1.66. The van der Waals surface area contributed by atoms with E-state index < -0.39 is 7.82 Å². The first-order valence-electron chi connectivity index (χ1n) is 0.783. The lowest BCUT2D eigenvalue weighted by Gasteiger charge is -1.82. The van der Waals surface area contributed by atoms with Crippen LogP contribution in [-0.2, 0) is 4.57 Å². The van der Waals surface area contributed by atoms with Gasteiger partial charge in [-0.3, -0.25) is 0 Å². The predicted molar refractivity (Wildman–Crippen MR) is 27.7 cm³/mol. The molecule has 0 saturated heterocycles. The molecule has 0 fully saturated rings. The molecule has 0 aliphatic rings. The van der Waals surface area contributed by atoms with Crippen LogP contribution in [-0.4, -0.2) is 14.7 Å². The molecule has 48 valence electrons. The van der Waals surface area contributed by atoms with Crippen molar-refractivity contribution in [2.45, 2.75) is 14.9 Å². The van der Waals surface area contributed by atoms with Crippen molar-refractivity contribution in [2.24, 2.45) is 0 Å². The van der Waals surface area contributed by atoms with E-state index in [1.165, 1.54) is 0 Å². The second-order valence-corrected chi connectivity index (χ2v) is 1.54. The van der Waals surface area contributed by atoms with E-state index in [0.29, 0.717) is 0 Å². The van der Waals surface area contributed by atoms with Crippen LogP contribution in [0, 0.1) is 0 Å². The molecular weight excluding hydrogens is 119 g/mol. The van der Waals surface area contributed by atoms with Crippen LogP contribution in [0.1, 0.15) is 14.9 Å². The van der Waals surface area contributed by atoms with Gasteiger partial charge in [-0.25, -0.2) is 4.57 Å². The molecule has 4 nitrogen and oxygen atoms in total. The molecule has 0 spiro atoms. The van der Waals surface area contributed by atoms with E-state index in [1.807, 2.05) is 0 Å². The molecule has 0 aromatic rings. The highest BCUT2D eigenvalue weighted by Crippen LogP contribution is 2.25. The normalized spacial score (nSPS) is 8.43. The van der Waals surface area contributed by atoms with Crippen LogP contribution in [0.4, 0.5) is 0 Å². The van der Waals surface area contributed by atoms with Crippen LogP contribution >= 0.6 is 7.82 Å². The lowest BCUT2D eigenvalue weighted by molar-refractivity contribution is 0.275. The van der Waals surface area contributed by atoms with Gasteiger partial charge in [-0.2, -0.15) is 0 Å². The molecule has 0 aromatic heterocycles. The van der Waals surface area contributed by atoms with Gasteiger partial charge in [0.2, 0.25) is 0 Å². The number of hydrogen-bond donors (Lipinski definition) is 3. The van der Waals surface area contributed by atoms with Crippen LogP contribution in [0.25, 0.3) is 0 Å². The standard InChI is InChI=1S/2CH4.H3O4P/c;;1-5(2,3)4/h2*1H4;(H3,1,2,3,4). The zero-order valence-corrected chi connectivity index (χ0v) is 3.09. The van der Waals surface area contributed by atoms with Gasteiger partial charge in [0.05, 0.1) is 0 Å². The van der Waals surface area contributed by atoms with Crippen molar-refractivity contribution in [2.75, 3.05) is 0 Å². The van der Waals surface area contributed by atoms with Crippen LogP contribution in [0.5, 0.6) is 0 Å². The van der Waals surface area contributed by atoms with Gasteiger partial charge in [-0.1, -0.05) is 14.9 Å². The van der Waals surface area contributed by atoms with Crippen molar-refractivity contribution >= 4 is 7.82 Å². The number of rotatable bonds is 0. The second kappa shape index (κ2) is 4.27. The molecule has 0 rings (SSSR count). The van der Waals surface area contributed by atoms with Crippen LogP contribution in [0.2, 0.25) is 0 Å². The summed E-state index contributed by atoms with van der Waals surface area (Å²) in [6, 6.07) is 0. The minimum atomic E-state index is -4.64. The second-order valence-electron chi connectivity index (χ2n) is 0.513. The fourth-order valence-electron chi connectivity index (χ4n) is 0. The molecule has 5 heteroatoms. The summed E-state index contributed by atoms with van der Waals surface area (Å²) in [6.07, 6.45) is 0. The van der Waals surface area contributed by atoms with Crippen molar-refractivity contribution < 1.29 is 19.2 Å². The Bertz CT molecular complexity index is 55.8. The van der Waals surface area contributed by atoms with E-state index >= 15 is 0 Å². The summed E-state index contributed by atoms with van der Waals surface area (Å²) in [5.41, 5.74) is 0. The first-order valence-corrected chi connectivity index (χ1v) is 2.35. The average molecular weight is 130 g/mol. The fraction of sp³-hybridized carbons (Fsp3) is 1.00. The van der Waals surface area contributed by atoms with Crippen molar-refractivity contribution in [3.05, 3.63) is 0 Å². The Morgan fingerprint density at radius 2 is 1.00 bits per heavy atom. The van der Waals surface area contributed by atoms with Gasteiger partial charge in [-0.05, 0) is 0 Å². The van der Waals surface area contributed by atoms with Crippen LogP contribution < -0.4 is 0 Å². The van der Waals surface area contributed by atoms with E-state index in [2.05, 4.69) is 0 Å². The SMILES string of the molecule is C.C.O=P(O)(O)O. The first kappa shape index (κ1) is 15.7. The Morgan fingerprint density at radius 3 is 1.00 bits per heavy atom. The largest absolute Gasteiger partial charge is 0.466 e. The molecule has 0 radical (unpaired) electrons. The van der Waals surface area contributed by atoms with E-state index in [4.69, 9.17) is 19.2 Å². The van der Waals surface area contributed by atoms with Crippen molar-refractivity contribution in [1.82, 2.24) is 0 Å². The maximum absolute atomic E-state index is 8.88. The third-order valence-electron chi connectivity index (χ3n) is 0. The summed E-state index contributed by atoms with van der Waals surface area (Å²) >= 11 is 0. The third kappa shape index (κ3) is 8530. The molecule has 7 heavy (non-hydrogen) atoms. The molecule has 0 aromatic carbocycles. The fourth-order valence-corrected chi connectivity index (χ4v) is 0. The Hall–Kier alpha value is 0.110. The van der Waals surface area contributed by atoms with E-state index in [1.54, 1.807) is 0 Å². The predicted octanol–water partition coefficient (Wildman–Crippen LogP) is 0.344. The molecule has 0 heterocycles. The highest BCUT2D eigenvalue weighted by Gasteiger charge is 2.00. The average Bonchev–Trinajstić information content (AvgIpc) is 0.722. The number of phosphoric acid groups is 1. The van der Waals surface area contributed by atoms with Gasteiger partial charge in [0.25, 0.3) is 0 Å². The molecule has 3 N–H and O–H groups in total. The van der Waals surface area contributed by atoms with E-state index in [-0.39, 0.29) is 14.9 Å². The maximum Gasteiger partial charge on any atom is 0.466 e. The van der Waals surface area contributed by atoms with E-state index in [9.17, 15) is 0 Å². The monoisotopic (exact) mass is 130 g/mol. The minimum absolute atomic E-state index is 0. The Labute approximate surface area is 43.0 Å².